The second-order valence-electron chi connectivity index (χ2n) is 5.65. The number of hydrogen-bond acceptors (Lipinski definition) is 7. The smallest absolute Gasteiger partial charge is 0.270 e. The Morgan fingerprint density at radius 3 is 2.71 bits per heavy atom. The summed E-state index contributed by atoms with van der Waals surface area (Å²) in [7, 11) is 0. The molecule has 0 amide bonds. The van der Waals surface area contributed by atoms with Crippen LogP contribution < -0.4 is 0 Å². The molecule has 2 aromatic heterocycles. The Morgan fingerprint density at radius 1 is 1.14 bits per heavy atom. The van der Waals surface area contributed by atoms with Crippen molar-refractivity contribution in [1.29, 1.82) is 0 Å². The topological polar surface area (TPSA) is 117 Å². The molecule has 0 fully saturated rings. The van der Waals surface area contributed by atoms with Crippen LogP contribution in [-0.2, 0) is 0 Å². The van der Waals surface area contributed by atoms with Crippen molar-refractivity contribution >= 4 is 61.9 Å². The lowest BCUT2D eigenvalue weighted by molar-refractivity contribution is -0.384. The zero-order valence-corrected chi connectivity index (χ0v) is 16.1. The summed E-state index contributed by atoms with van der Waals surface area (Å²) >= 11 is 13.2. The largest absolute Gasteiger partial charge is 0.493 e. The molecule has 2 N–H and O–H groups in total. The van der Waals surface area contributed by atoms with Gasteiger partial charge in [-0.15, -0.1) is 21.6 Å². The van der Waals surface area contributed by atoms with E-state index in [-0.39, 0.29) is 17.3 Å². The molecule has 0 aliphatic heterocycles. The SMILES string of the molecule is O=[N+]([O-])c1ccc2[nH]c(O)c(N=Nc3nc(-c4ccc(Cl)c(Cl)c4)cs3)c2c1. The highest BCUT2D eigenvalue weighted by molar-refractivity contribution is 7.13. The van der Waals surface area contributed by atoms with Crippen molar-refractivity contribution in [2.75, 3.05) is 0 Å². The van der Waals surface area contributed by atoms with E-state index in [0.29, 0.717) is 31.8 Å². The molecule has 8 nitrogen and oxygen atoms in total. The van der Waals surface area contributed by atoms with Gasteiger partial charge in [0.25, 0.3) is 5.69 Å². The molecule has 0 saturated heterocycles. The summed E-state index contributed by atoms with van der Waals surface area (Å²) in [6.07, 6.45) is 0. The fourth-order valence-corrected chi connectivity index (χ4v) is 3.50. The summed E-state index contributed by atoms with van der Waals surface area (Å²) < 4.78 is 0. The number of nitrogens with one attached hydrogen (secondary N) is 1. The van der Waals surface area contributed by atoms with Crippen molar-refractivity contribution in [3.05, 3.63) is 61.9 Å². The molecule has 0 saturated carbocycles. The third-order valence-corrected chi connectivity index (χ3v) is 5.35. The van der Waals surface area contributed by atoms with Crippen LogP contribution in [-0.4, -0.2) is 20.0 Å². The van der Waals surface area contributed by atoms with Gasteiger partial charge < -0.3 is 10.1 Å². The second-order valence-corrected chi connectivity index (χ2v) is 7.30. The van der Waals surface area contributed by atoms with Gasteiger partial charge in [0.1, 0.15) is 0 Å². The number of non-ortho nitro benzene ring substituents is 1. The lowest BCUT2D eigenvalue weighted by Gasteiger charge is -1.98. The molecule has 0 spiro atoms. The van der Waals surface area contributed by atoms with E-state index in [1.807, 2.05) is 0 Å². The van der Waals surface area contributed by atoms with Crippen molar-refractivity contribution in [3.8, 4) is 17.1 Å². The number of azo groups is 1. The van der Waals surface area contributed by atoms with Gasteiger partial charge in [-0.1, -0.05) is 29.3 Å². The van der Waals surface area contributed by atoms with E-state index in [4.69, 9.17) is 23.2 Å². The Kier molecular flexibility index (Phi) is 4.71. The number of nitrogens with zero attached hydrogens (tertiary/aromatic N) is 4. The monoisotopic (exact) mass is 433 g/mol. The van der Waals surface area contributed by atoms with Gasteiger partial charge in [-0.2, -0.15) is 0 Å². The lowest BCUT2D eigenvalue weighted by atomic mass is 10.2. The molecule has 2 heterocycles. The highest BCUT2D eigenvalue weighted by atomic mass is 35.5. The molecular weight excluding hydrogens is 425 g/mol. The van der Waals surface area contributed by atoms with Crippen molar-refractivity contribution < 1.29 is 10.0 Å². The minimum atomic E-state index is -0.519. The molecule has 0 aliphatic rings. The quantitative estimate of drug-likeness (QED) is 0.213. The number of nitro groups is 1. The number of aromatic hydroxyl groups is 1. The summed E-state index contributed by atoms with van der Waals surface area (Å²) in [5.41, 5.74) is 1.92. The van der Waals surface area contributed by atoms with Crippen LogP contribution in [0.15, 0.2) is 52.0 Å². The van der Waals surface area contributed by atoms with Crippen LogP contribution in [0.3, 0.4) is 0 Å². The summed E-state index contributed by atoms with van der Waals surface area (Å²) in [4.78, 5) is 17.5. The summed E-state index contributed by atoms with van der Waals surface area (Å²) in [5, 5.41) is 32.5. The van der Waals surface area contributed by atoms with Crippen LogP contribution in [0.4, 0.5) is 16.5 Å². The van der Waals surface area contributed by atoms with Crippen molar-refractivity contribution in [1.82, 2.24) is 9.97 Å². The molecule has 4 aromatic rings. The minimum Gasteiger partial charge on any atom is -0.493 e. The average Bonchev–Trinajstić information content (AvgIpc) is 3.25. The van der Waals surface area contributed by atoms with Crippen LogP contribution >= 0.6 is 34.5 Å². The molecule has 4 rings (SSSR count). The average molecular weight is 434 g/mol. The Balaban J connectivity index is 1.67. The highest BCUT2D eigenvalue weighted by Gasteiger charge is 2.15. The van der Waals surface area contributed by atoms with Gasteiger partial charge >= 0.3 is 0 Å². The minimum absolute atomic E-state index is 0.102. The van der Waals surface area contributed by atoms with E-state index in [2.05, 4.69) is 20.2 Å². The van der Waals surface area contributed by atoms with Crippen LogP contribution in [0.5, 0.6) is 5.88 Å². The molecule has 140 valence electrons. The van der Waals surface area contributed by atoms with E-state index < -0.39 is 4.92 Å². The van der Waals surface area contributed by atoms with E-state index in [0.717, 1.165) is 5.56 Å². The number of thiazole rings is 1. The van der Waals surface area contributed by atoms with Gasteiger partial charge in [-0.05, 0) is 18.2 Å². The first kappa shape index (κ1) is 18.4. The first-order valence-corrected chi connectivity index (χ1v) is 9.37. The number of halogens is 2. The Morgan fingerprint density at radius 2 is 1.96 bits per heavy atom. The van der Waals surface area contributed by atoms with Gasteiger partial charge in [0, 0.05) is 28.5 Å². The van der Waals surface area contributed by atoms with Crippen LogP contribution in [0.1, 0.15) is 0 Å². The Labute approximate surface area is 171 Å². The molecule has 0 radical (unpaired) electrons. The molecule has 0 unspecified atom stereocenters. The number of aromatic nitrogens is 2. The summed E-state index contributed by atoms with van der Waals surface area (Å²) in [6.45, 7) is 0. The number of rotatable bonds is 4. The van der Waals surface area contributed by atoms with Gasteiger partial charge in [0.05, 0.1) is 26.2 Å². The fraction of sp³-hybridized carbons (Fsp3) is 0. The zero-order valence-electron chi connectivity index (χ0n) is 13.8. The molecule has 2 aromatic carbocycles. The molecule has 0 atom stereocenters. The maximum atomic E-state index is 11.0. The second kappa shape index (κ2) is 7.19. The summed E-state index contributed by atoms with van der Waals surface area (Å²) in [6, 6.07) is 9.32. The van der Waals surface area contributed by atoms with Gasteiger partial charge in [-0.3, -0.25) is 10.1 Å². The number of H-pyrrole nitrogens is 1. The maximum Gasteiger partial charge on any atom is 0.270 e. The predicted octanol–water partition coefficient (Wildman–Crippen LogP) is 6.63. The lowest BCUT2D eigenvalue weighted by Crippen LogP contribution is -1.86. The van der Waals surface area contributed by atoms with E-state index in [1.165, 1.54) is 29.5 Å². The number of hydrogen-bond donors (Lipinski definition) is 2. The van der Waals surface area contributed by atoms with Gasteiger partial charge in [0.2, 0.25) is 11.0 Å². The number of aromatic amines is 1. The third-order valence-electron chi connectivity index (χ3n) is 3.89. The maximum absolute atomic E-state index is 11.0. The predicted molar refractivity (Wildman–Crippen MR) is 108 cm³/mol. The molecule has 0 bridgehead atoms. The normalized spacial score (nSPS) is 11.5. The zero-order chi connectivity index (χ0) is 19.8. The van der Waals surface area contributed by atoms with Crippen LogP contribution in [0, 0.1) is 10.1 Å². The number of fused-ring (bicyclic) bond motifs is 1. The summed E-state index contributed by atoms with van der Waals surface area (Å²) in [5.74, 6) is -0.236. The number of nitro benzene ring substituents is 1. The molecule has 11 heteroatoms. The molecule has 28 heavy (non-hydrogen) atoms. The van der Waals surface area contributed by atoms with Gasteiger partial charge in [0.15, 0.2) is 5.69 Å². The van der Waals surface area contributed by atoms with Crippen LogP contribution in [0.2, 0.25) is 10.0 Å². The van der Waals surface area contributed by atoms with Crippen LogP contribution in [0.25, 0.3) is 22.2 Å². The standard InChI is InChI=1S/C17H9Cl2N5O3S/c18-11-3-1-8(5-12(11)19)14-7-28-17(21-14)23-22-15-10-6-9(24(26)27)2-4-13(10)20-16(15)25/h1-7,20,25H. The van der Waals surface area contributed by atoms with E-state index in [1.54, 1.807) is 23.6 Å². The highest BCUT2D eigenvalue weighted by Crippen LogP contribution is 2.38. The Bertz CT molecular complexity index is 1250. The fourth-order valence-electron chi connectivity index (χ4n) is 2.56. The first-order valence-electron chi connectivity index (χ1n) is 7.74. The van der Waals surface area contributed by atoms with Gasteiger partial charge in [-0.25, -0.2) is 4.98 Å². The molecule has 0 aliphatic carbocycles. The van der Waals surface area contributed by atoms with E-state index in [9.17, 15) is 15.2 Å². The third kappa shape index (κ3) is 3.42. The Hall–Kier alpha value is -3.01. The van der Waals surface area contributed by atoms with Crippen molar-refractivity contribution in [2.24, 2.45) is 10.2 Å². The van der Waals surface area contributed by atoms with Crippen molar-refractivity contribution in [3.63, 3.8) is 0 Å². The van der Waals surface area contributed by atoms with E-state index >= 15 is 0 Å². The number of benzene rings is 2. The van der Waals surface area contributed by atoms with Crippen molar-refractivity contribution in [2.45, 2.75) is 0 Å². The molecular formula is C17H9Cl2N5O3S. The first-order chi connectivity index (χ1) is 13.4.